The molecule has 4 rings (SSSR count). The number of esters is 1. The molecule has 0 bridgehead atoms. The van der Waals surface area contributed by atoms with Crippen molar-refractivity contribution < 1.29 is 32.9 Å². The molecule has 1 amide bonds. The van der Waals surface area contributed by atoms with Gasteiger partial charge in [-0.2, -0.15) is 0 Å². The number of nitrogens with zero attached hydrogens (tertiary/aromatic N) is 1. The molecule has 1 unspecified atom stereocenters. The topological polar surface area (TPSA) is 74.3 Å². The Morgan fingerprint density at radius 1 is 0.944 bits per heavy atom. The maximum absolute atomic E-state index is 13.5. The average molecular weight is 494 g/mol. The largest absolute Gasteiger partial charge is 0.493 e. The smallest absolute Gasteiger partial charge is 0.338 e. The minimum atomic E-state index is -0.434. The van der Waals surface area contributed by atoms with Crippen molar-refractivity contribution in [1.82, 2.24) is 4.90 Å². The van der Waals surface area contributed by atoms with E-state index in [4.69, 9.17) is 18.9 Å². The highest BCUT2D eigenvalue weighted by Crippen LogP contribution is 2.39. The fourth-order valence-electron chi connectivity index (χ4n) is 4.29. The second-order valence-corrected chi connectivity index (χ2v) is 8.23. The third-order valence-corrected chi connectivity index (χ3v) is 6.13. The standard InChI is InChI=1S/C28H28FNO6/c1-4-35-28(32)19-7-11-22(12-8-19)36-17-24-23-16-26(34-3)25(33-2)15-20(23)13-14-30(24)27(31)18-5-9-21(29)10-6-18/h5-12,15-16,24H,4,13-14,17H2,1-3H3. The fraction of sp³-hybridized carbons (Fsp3) is 0.286. The molecule has 0 N–H and O–H groups in total. The second kappa shape index (κ2) is 11.1. The summed E-state index contributed by atoms with van der Waals surface area (Å²) in [4.78, 5) is 27.1. The van der Waals surface area contributed by atoms with Gasteiger partial charge in [0.2, 0.25) is 0 Å². The van der Waals surface area contributed by atoms with E-state index in [0.717, 1.165) is 11.1 Å². The van der Waals surface area contributed by atoms with Crippen LogP contribution in [-0.2, 0) is 11.2 Å². The summed E-state index contributed by atoms with van der Waals surface area (Å²) in [5, 5.41) is 0. The summed E-state index contributed by atoms with van der Waals surface area (Å²) in [6, 6.07) is 15.5. The number of ether oxygens (including phenoxy) is 4. The minimum Gasteiger partial charge on any atom is -0.493 e. The van der Waals surface area contributed by atoms with Crippen LogP contribution in [0.2, 0.25) is 0 Å². The van der Waals surface area contributed by atoms with Gasteiger partial charge in [0, 0.05) is 12.1 Å². The third-order valence-electron chi connectivity index (χ3n) is 6.13. The molecule has 3 aromatic carbocycles. The predicted molar refractivity (Wildman–Crippen MR) is 131 cm³/mol. The zero-order valence-electron chi connectivity index (χ0n) is 20.5. The predicted octanol–water partition coefficient (Wildman–Crippen LogP) is 4.84. The van der Waals surface area contributed by atoms with Crippen molar-refractivity contribution in [3.05, 3.63) is 88.7 Å². The van der Waals surface area contributed by atoms with Crippen molar-refractivity contribution in [2.24, 2.45) is 0 Å². The molecular weight excluding hydrogens is 465 g/mol. The molecule has 188 valence electrons. The van der Waals surface area contributed by atoms with Gasteiger partial charge in [-0.3, -0.25) is 4.79 Å². The van der Waals surface area contributed by atoms with Gasteiger partial charge in [0.25, 0.3) is 5.91 Å². The number of hydrogen-bond donors (Lipinski definition) is 0. The van der Waals surface area contributed by atoms with E-state index in [1.54, 1.807) is 50.3 Å². The number of hydrogen-bond acceptors (Lipinski definition) is 6. The van der Waals surface area contributed by atoms with Gasteiger partial charge < -0.3 is 23.8 Å². The Bertz CT molecular complexity index is 1230. The number of benzene rings is 3. The lowest BCUT2D eigenvalue weighted by molar-refractivity contribution is 0.0524. The zero-order valence-corrected chi connectivity index (χ0v) is 20.5. The molecule has 0 aromatic heterocycles. The first-order chi connectivity index (χ1) is 17.4. The van der Waals surface area contributed by atoms with Crippen LogP contribution < -0.4 is 14.2 Å². The van der Waals surface area contributed by atoms with E-state index in [1.165, 1.54) is 24.3 Å². The van der Waals surface area contributed by atoms with Gasteiger partial charge in [-0.1, -0.05) is 0 Å². The van der Waals surface area contributed by atoms with Crippen LogP contribution >= 0.6 is 0 Å². The molecule has 0 fully saturated rings. The number of fused-ring (bicyclic) bond motifs is 1. The molecule has 7 nitrogen and oxygen atoms in total. The van der Waals surface area contributed by atoms with Crippen molar-refractivity contribution in [3.8, 4) is 17.2 Å². The van der Waals surface area contributed by atoms with Crippen LogP contribution in [0.5, 0.6) is 17.2 Å². The van der Waals surface area contributed by atoms with Crippen molar-refractivity contribution in [2.75, 3.05) is 34.0 Å². The average Bonchev–Trinajstić information content (AvgIpc) is 2.91. The number of amides is 1. The first-order valence-electron chi connectivity index (χ1n) is 11.7. The van der Waals surface area contributed by atoms with Gasteiger partial charge in [-0.25, -0.2) is 9.18 Å². The summed E-state index contributed by atoms with van der Waals surface area (Å²) in [7, 11) is 3.14. The van der Waals surface area contributed by atoms with Gasteiger partial charge in [-0.15, -0.1) is 0 Å². The molecule has 1 heterocycles. The van der Waals surface area contributed by atoms with E-state index < -0.39 is 17.8 Å². The monoisotopic (exact) mass is 493 g/mol. The SMILES string of the molecule is CCOC(=O)c1ccc(OCC2c3cc(OC)c(OC)cc3CCN2C(=O)c2ccc(F)cc2)cc1. The van der Waals surface area contributed by atoms with Gasteiger partial charge in [0.05, 0.1) is 32.4 Å². The fourth-order valence-corrected chi connectivity index (χ4v) is 4.29. The summed E-state index contributed by atoms with van der Waals surface area (Å²) >= 11 is 0. The molecule has 0 aliphatic carbocycles. The Morgan fingerprint density at radius 2 is 1.58 bits per heavy atom. The molecule has 1 aliphatic heterocycles. The second-order valence-electron chi connectivity index (χ2n) is 8.23. The Balaban J connectivity index is 1.63. The zero-order chi connectivity index (χ0) is 25.7. The normalized spacial score (nSPS) is 14.6. The van der Waals surface area contributed by atoms with Crippen molar-refractivity contribution >= 4 is 11.9 Å². The van der Waals surface area contributed by atoms with Crippen LogP contribution in [0.25, 0.3) is 0 Å². The van der Waals surface area contributed by atoms with E-state index in [-0.39, 0.29) is 12.5 Å². The summed E-state index contributed by atoms with van der Waals surface area (Å²) in [5.74, 6) is 0.687. The Kier molecular flexibility index (Phi) is 7.73. The quantitative estimate of drug-likeness (QED) is 0.418. The Morgan fingerprint density at radius 3 is 2.22 bits per heavy atom. The molecule has 3 aromatic rings. The van der Waals surface area contributed by atoms with Crippen LogP contribution in [-0.4, -0.2) is 50.8 Å². The number of methoxy groups -OCH3 is 2. The molecule has 8 heteroatoms. The first kappa shape index (κ1) is 25.0. The van der Waals surface area contributed by atoms with Crippen LogP contribution in [0.4, 0.5) is 4.39 Å². The molecule has 1 atom stereocenters. The number of halogens is 1. The molecule has 0 spiro atoms. The van der Waals surface area contributed by atoms with Gasteiger partial charge in [-0.05, 0) is 85.1 Å². The lowest BCUT2D eigenvalue weighted by atomic mass is 9.91. The minimum absolute atomic E-state index is 0.161. The molecule has 1 aliphatic rings. The highest BCUT2D eigenvalue weighted by molar-refractivity contribution is 5.94. The van der Waals surface area contributed by atoms with Crippen LogP contribution in [0, 0.1) is 5.82 Å². The lowest BCUT2D eigenvalue weighted by Crippen LogP contribution is -2.42. The molecule has 0 saturated heterocycles. The Labute approximate surface area is 209 Å². The summed E-state index contributed by atoms with van der Waals surface area (Å²) < 4.78 is 35.5. The summed E-state index contributed by atoms with van der Waals surface area (Å²) in [5.41, 5.74) is 2.74. The van der Waals surface area contributed by atoms with Gasteiger partial charge >= 0.3 is 5.97 Å². The maximum atomic E-state index is 13.5. The highest BCUT2D eigenvalue weighted by atomic mass is 19.1. The van der Waals surface area contributed by atoms with Gasteiger partial charge in [0.1, 0.15) is 18.2 Å². The van der Waals surface area contributed by atoms with Crippen molar-refractivity contribution in [3.63, 3.8) is 0 Å². The lowest BCUT2D eigenvalue weighted by Gasteiger charge is -2.37. The molecule has 0 saturated carbocycles. The van der Waals surface area contributed by atoms with E-state index in [0.29, 0.717) is 47.9 Å². The molecule has 0 radical (unpaired) electrons. The van der Waals surface area contributed by atoms with Crippen LogP contribution in [0.15, 0.2) is 60.7 Å². The van der Waals surface area contributed by atoms with E-state index in [9.17, 15) is 14.0 Å². The third kappa shape index (κ3) is 5.27. The van der Waals surface area contributed by atoms with E-state index in [2.05, 4.69) is 0 Å². The van der Waals surface area contributed by atoms with E-state index >= 15 is 0 Å². The van der Waals surface area contributed by atoms with Crippen molar-refractivity contribution in [1.29, 1.82) is 0 Å². The number of rotatable bonds is 8. The first-order valence-corrected chi connectivity index (χ1v) is 11.7. The Hall–Kier alpha value is -4.07. The number of carbonyl (C=O) groups excluding carboxylic acids is 2. The van der Waals surface area contributed by atoms with Crippen LogP contribution in [0.3, 0.4) is 0 Å². The summed E-state index contributed by atoms with van der Waals surface area (Å²) in [6.45, 7) is 2.66. The van der Waals surface area contributed by atoms with E-state index in [1.807, 2.05) is 12.1 Å². The van der Waals surface area contributed by atoms with Gasteiger partial charge in [0.15, 0.2) is 11.5 Å². The maximum Gasteiger partial charge on any atom is 0.338 e. The van der Waals surface area contributed by atoms with Crippen LogP contribution in [0.1, 0.15) is 44.8 Å². The highest BCUT2D eigenvalue weighted by Gasteiger charge is 2.33. The molecular formula is C28H28FNO6. The summed E-state index contributed by atoms with van der Waals surface area (Å²) in [6.07, 6.45) is 0.618. The molecule has 36 heavy (non-hydrogen) atoms. The van der Waals surface area contributed by atoms with Crippen molar-refractivity contribution in [2.45, 2.75) is 19.4 Å². The number of carbonyl (C=O) groups is 2.